The van der Waals surface area contributed by atoms with Gasteiger partial charge in [-0.2, -0.15) is 13.0 Å². The molecule has 0 aliphatic rings. The number of rotatable bonds is 5. The fourth-order valence-corrected chi connectivity index (χ4v) is 2.37. The van der Waals surface area contributed by atoms with Gasteiger partial charge in [-0.25, -0.2) is 0 Å². The van der Waals surface area contributed by atoms with Crippen LogP contribution in [-0.2, 0) is 23.1 Å². The van der Waals surface area contributed by atoms with Crippen molar-refractivity contribution in [3.05, 3.63) is 66.0 Å². The average Bonchev–Trinajstić information content (AvgIpc) is 2.38. The highest BCUT2D eigenvalue weighted by atomic mass is 32.2. The Hall–Kier alpha value is -1.72. The van der Waals surface area contributed by atoms with E-state index < -0.39 is 10.1 Å². The Balaban J connectivity index is 2.17. The number of hydrogen-bond donors (Lipinski definition) is 1. The molecule has 0 bridgehead atoms. The summed E-state index contributed by atoms with van der Waals surface area (Å²) in [6.07, 6.45) is 2.21. The van der Waals surface area contributed by atoms with E-state index in [1.807, 2.05) is 59.3 Å². The van der Waals surface area contributed by atoms with Crippen LogP contribution < -0.4 is 4.57 Å². The average molecular weight is 278 g/mol. The van der Waals surface area contributed by atoms with E-state index in [2.05, 4.69) is 0 Å². The number of nitrogens with zero attached hydrogens (tertiary/aromatic N) is 1. The normalized spacial score (nSPS) is 11.4. The molecular weight excluding hydrogens is 262 g/mol. The van der Waals surface area contributed by atoms with Gasteiger partial charge in [-0.3, -0.25) is 4.55 Å². The molecule has 0 saturated carbocycles. The van der Waals surface area contributed by atoms with Gasteiger partial charge in [0.05, 0.1) is 5.75 Å². The molecule has 1 aromatic heterocycles. The Morgan fingerprint density at radius 2 is 1.68 bits per heavy atom. The third-order valence-electron chi connectivity index (χ3n) is 2.85. The maximum Gasteiger partial charge on any atom is 0.265 e. The predicted molar refractivity (Wildman–Crippen MR) is 72.3 cm³/mol. The summed E-state index contributed by atoms with van der Waals surface area (Å²) in [7, 11) is -3.93. The first-order valence-electron chi connectivity index (χ1n) is 6.01. The second-order valence-electron chi connectivity index (χ2n) is 4.34. The van der Waals surface area contributed by atoms with Crippen LogP contribution in [0.25, 0.3) is 0 Å². The molecule has 2 rings (SSSR count). The molecule has 0 aliphatic heterocycles. The Morgan fingerprint density at radius 3 is 2.37 bits per heavy atom. The summed E-state index contributed by atoms with van der Waals surface area (Å²) in [5.41, 5.74) is 2.02. The number of aromatic nitrogens is 1. The first-order valence-corrected chi connectivity index (χ1v) is 7.62. The Labute approximate surface area is 113 Å². The number of hydrogen-bond acceptors (Lipinski definition) is 2. The van der Waals surface area contributed by atoms with Crippen LogP contribution in [0.5, 0.6) is 0 Å². The molecule has 2 aromatic rings. The summed E-state index contributed by atoms with van der Waals surface area (Å²) in [6, 6.07) is 15.6. The van der Waals surface area contributed by atoms with Crippen molar-refractivity contribution in [2.45, 2.75) is 13.0 Å². The standard InChI is InChI=1S/C14H15NO3S/c16-19(17,18)11-9-14-8-4-5-10-15(14)12-13-6-2-1-3-7-13/h1-8,10H,9,11-12H2/p+1. The molecule has 0 aliphatic carbocycles. The summed E-state index contributed by atoms with van der Waals surface area (Å²) in [4.78, 5) is 0. The van der Waals surface area contributed by atoms with E-state index in [4.69, 9.17) is 4.55 Å². The second-order valence-corrected chi connectivity index (χ2v) is 5.91. The zero-order valence-electron chi connectivity index (χ0n) is 10.4. The molecule has 0 spiro atoms. The largest absolute Gasteiger partial charge is 0.286 e. The van der Waals surface area contributed by atoms with Crippen LogP contribution >= 0.6 is 0 Å². The second kappa shape index (κ2) is 5.95. The molecule has 0 saturated heterocycles. The van der Waals surface area contributed by atoms with Gasteiger partial charge in [0.15, 0.2) is 18.4 Å². The Kier molecular flexibility index (Phi) is 4.29. The zero-order valence-corrected chi connectivity index (χ0v) is 11.3. The highest BCUT2D eigenvalue weighted by Gasteiger charge is 2.13. The minimum Gasteiger partial charge on any atom is -0.286 e. The van der Waals surface area contributed by atoms with Gasteiger partial charge in [0.2, 0.25) is 0 Å². The smallest absolute Gasteiger partial charge is 0.265 e. The van der Waals surface area contributed by atoms with Crippen molar-refractivity contribution in [3.63, 3.8) is 0 Å². The molecule has 5 heteroatoms. The van der Waals surface area contributed by atoms with Crippen LogP contribution in [-0.4, -0.2) is 18.7 Å². The molecule has 0 radical (unpaired) electrons. The minimum atomic E-state index is -3.93. The van der Waals surface area contributed by atoms with Gasteiger partial charge in [-0.05, 0) is 0 Å². The molecule has 1 N–H and O–H groups in total. The molecular formula is C14H16NO3S+. The molecule has 0 unspecified atom stereocenters. The van der Waals surface area contributed by atoms with Crippen molar-refractivity contribution in [2.24, 2.45) is 0 Å². The molecule has 1 heterocycles. The molecule has 4 nitrogen and oxygen atoms in total. The van der Waals surface area contributed by atoms with Gasteiger partial charge in [0.1, 0.15) is 0 Å². The third kappa shape index (κ3) is 4.46. The monoisotopic (exact) mass is 278 g/mol. The van der Waals surface area contributed by atoms with Crippen molar-refractivity contribution < 1.29 is 17.5 Å². The van der Waals surface area contributed by atoms with Crippen LogP contribution in [0.4, 0.5) is 0 Å². The van der Waals surface area contributed by atoms with E-state index in [0.29, 0.717) is 13.0 Å². The van der Waals surface area contributed by atoms with Gasteiger partial charge in [-0.1, -0.05) is 36.4 Å². The number of pyridine rings is 1. The van der Waals surface area contributed by atoms with Gasteiger partial charge in [0, 0.05) is 24.1 Å². The first-order chi connectivity index (χ1) is 9.04. The Morgan fingerprint density at radius 1 is 1.00 bits per heavy atom. The summed E-state index contributed by atoms with van der Waals surface area (Å²) in [5.74, 6) is -0.258. The molecule has 19 heavy (non-hydrogen) atoms. The fraction of sp³-hybridized carbons (Fsp3) is 0.214. The Bertz CT molecular complexity index is 639. The van der Waals surface area contributed by atoms with E-state index in [-0.39, 0.29) is 5.75 Å². The summed E-state index contributed by atoms with van der Waals surface area (Å²) in [6.45, 7) is 0.683. The van der Waals surface area contributed by atoms with Crippen LogP contribution in [0.1, 0.15) is 11.3 Å². The van der Waals surface area contributed by atoms with Crippen molar-refractivity contribution in [1.82, 2.24) is 0 Å². The highest BCUT2D eigenvalue weighted by Crippen LogP contribution is 2.01. The van der Waals surface area contributed by atoms with E-state index >= 15 is 0 Å². The molecule has 1 aromatic carbocycles. The number of benzene rings is 1. The van der Waals surface area contributed by atoms with Crippen LogP contribution in [0.2, 0.25) is 0 Å². The molecule has 100 valence electrons. The first kappa shape index (κ1) is 13.7. The van der Waals surface area contributed by atoms with Crippen molar-refractivity contribution in [3.8, 4) is 0 Å². The maximum atomic E-state index is 10.8. The van der Waals surface area contributed by atoms with Gasteiger partial charge >= 0.3 is 0 Å². The van der Waals surface area contributed by atoms with Crippen molar-refractivity contribution in [2.75, 3.05) is 5.75 Å². The van der Waals surface area contributed by atoms with Gasteiger partial charge in [-0.15, -0.1) is 0 Å². The molecule has 0 atom stereocenters. The van der Waals surface area contributed by atoms with E-state index in [9.17, 15) is 8.42 Å². The lowest BCUT2D eigenvalue weighted by atomic mass is 10.2. The summed E-state index contributed by atoms with van der Waals surface area (Å²) in [5, 5.41) is 0. The van der Waals surface area contributed by atoms with Gasteiger partial charge in [0.25, 0.3) is 10.1 Å². The lowest BCUT2D eigenvalue weighted by Crippen LogP contribution is -2.39. The van der Waals surface area contributed by atoms with Crippen LogP contribution in [0.15, 0.2) is 54.7 Å². The maximum absolute atomic E-state index is 10.8. The van der Waals surface area contributed by atoms with Crippen LogP contribution in [0, 0.1) is 0 Å². The summed E-state index contributed by atoms with van der Waals surface area (Å²) >= 11 is 0. The molecule has 0 fully saturated rings. The van der Waals surface area contributed by atoms with E-state index in [1.54, 1.807) is 0 Å². The SMILES string of the molecule is O=S(=O)(O)CCc1cccc[n+]1Cc1ccccc1. The minimum absolute atomic E-state index is 0.258. The quantitative estimate of drug-likeness (QED) is 0.665. The van der Waals surface area contributed by atoms with Crippen molar-refractivity contribution >= 4 is 10.1 Å². The van der Waals surface area contributed by atoms with Crippen molar-refractivity contribution in [1.29, 1.82) is 0 Å². The zero-order chi connectivity index (χ0) is 13.7. The number of aryl methyl sites for hydroxylation is 1. The molecule has 0 amide bonds. The highest BCUT2D eigenvalue weighted by molar-refractivity contribution is 7.85. The van der Waals surface area contributed by atoms with Gasteiger partial charge < -0.3 is 0 Å². The lowest BCUT2D eigenvalue weighted by Gasteiger charge is -2.03. The fourth-order valence-electron chi connectivity index (χ4n) is 1.91. The topological polar surface area (TPSA) is 58.3 Å². The lowest BCUT2D eigenvalue weighted by molar-refractivity contribution is -0.695. The van der Waals surface area contributed by atoms with Crippen LogP contribution in [0.3, 0.4) is 0 Å². The summed E-state index contributed by atoms with van der Waals surface area (Å²) < 4.78 is 32.5. The predicted octanol–water partition coefficient (Wildman–Crippen LogP) is 1.45. The third-order valence-corrected chi connectivity index (χ3v) is 3.57. The van der Waals surface area contributed by atoms with E-state index in [1.165, 1.54) is 0 Å². The van der Waals surface area contributed by atoms with E-state index in [0.717, 1.165) is 11.3 Å².